The minimum atomic E-state index is -1.43. The van der Waals surface area contributed by atoms with Crippen LogP contribution in [0.5, 0.6) is 0 Å². The van der Waals surface area contributed by atoms with Gasteiger partial charge in [-0.3, -0.25) is 9.59 Å². The zero-order valence-corrected chi connectivity index (χ0v) is 18.9. The molecular weight excluding hydrogens is 442 g/mol. The van der Waals surface area contributed by atoms with Crippen molar-refractivity contribution >= 4 is 34.3 Å². The normalized spacial score (nSPS) is 27.5. The number of likely N-dealkylation sites (tertiary alicyclic amines) is 1. The van der Waals surface area contributed by atoms with Crippen molar-refractivity contribution in [3.8, 4) is 0 Å². The molecule has 0 spiro atoms. The molecule has 8 heteroatoms. The van der Waals surface area contributed by atoms with Crippen LogP contribution in [0.2, 0.25) is 5.02 Å². The van der Waals surface area contributed by atoms with Gasteiger partial charge in [0.25, 0.3) is 11.8 Å². The number of carbonyl (C=O) groups excluding carboxylic acids is 2. The molecule has 2 amide bonds. The highest BCUT2D eigenvalue weighted by atomic mass is 35.5. The Morgan fingerprint density at radius 2 is 1.94 bits per heavy atom. The molecule has 4 N–H and O–H groups in total. The number of aromatic amines is 1. The minimum absolute atomic E-state index is 0.0611. The second-order valence-corrected chi connectivity index (χ2v) is 9.70. The minimum Gasteiger partial charge on any atom is -0.391 e. The third-order valence-corrected chi connectivity index (χ3v) is 7.22. The maximum atomic E-state index is 13.2. The van der Waals surface area contributed by atoms with E-state index in [9.17, 15) is 19.8 Å². The monoisotopic (exact) mass is 467 g/mol. The molecule has 1 aliphatic carbocycles. The van der Waals surface area contributed by atoms with Crippen LogP contribution in [0.25, 0.3) is 10.9 Å². The van der Waals surface area contributed by atoms with Gasteiger partial charge in [-0.15, -0.1) is 0 Å². The summed E-state index contributed by atoms with van der Waals surface area (Å²) in [4.78, 5) is 31.0. The van der Waals surface area contributed by atoms with Crippen LogP contribution in [0.15, 0.2) is 54.6 Å². The van der Waals surface area contributed by atoms with E-state index in [1.54, 1.807) is 24.3 Å². The van der Waals surface area contributed by atoms with E-state index in [2.05, 4.69) is 10.3 Å². The number of halogens is 1. The van der Waals surface area contributed by atoms with Crippen LogP contribution in [0.1, 0.15) is 35.3 Å². The summed E-state index contributed by atoms with van der Waals surface area (Å²) in [7, 11) is 0. The molecule has 7 nitrogen and oxygen atoms in total. The molecule has 2 aliphatic rings. The van der Waals surface area contributed by atoms with Crippen LogP contribution in [0.4, 0.5) is 0 Å². The molecule has 172 valence electrons. The van der Waals surface area contributed by atoms with Gasteiger partial charge in [0.1, 0.15) is 5.69 Å². The van der Waals surface area contributed by atoms with E-state index in [1.165, 1.54) is 4.90 Å². The van der Waals surface area contributed by atoms with E-state index in [0.717, 1.165) is 16.5 Å². The summed E-state index contributed by atoms with van der Waals surface area (Å²) >= 11 is 6.06. The lowest BCUT2D eigenvalue weighted by molar-refractivity contribution is -0.141. The summed E-state index contributed by atoms with van der Waals surface area (Å²) < 4.78 is 0. The number of fused-ring (bicyclic) bond motifs is 1. The Balaban J connectivity index is 1.43. The largest absolute Gasteiger partial charge is 0.391 e. The Morgan fingerprint density at radius 3 is 2.64 bits per heavy atom. The maximum absolute atomic E-state index is 13.2. The molecule has 1 saturated heterocycles. The van der Waals surface area contributed by atoms with E-state index in [0.29, 0.717) is 23.7 Å². The molecule has 5 atom stereocenters. The van der Waals surface area contributed by atoms with Crippen molar-refractivity contribution in [3.63, 3.8) is 0 Å². The Kier molecular flexibility index (Phi) is 5.43. The lowest BCUT2D eigenvalue weighted by atomic mass is 9.99. The number of aliphatic hydroxyl groups excluding tert-OH is 2. The summed E-state index contributed by atoms with van der Waals surface area (Å²) in [5, 5.41) is 25.6. The Morgan fingerprint density at radius 1 is 1.18 bits per heavy atom. The molecule has 1 saturated carbocycles. The zero-order chi connectivity index (χ0) is 23.3. The van der Waals surface area contributed by atoms with Gasteiger partial charge in [0.15, 0.2) is 6.10 Å². The molecule has 2 heterocycles. The average molecular weight is 468 g/mol. The van der Waals surface area contributed by atoms with Crippen LogP contribution in [0, 0.1) is 5.92 Å². The van der Waals surface area contributed by atoms with Crippen molar-refractivity contribution in [1.29, 1.82) is 0 Å². The highest BCUT2D eigenvalue weighted by Gasteiger charge is 2.63. The van der Waals surface area contributed by atoms with Gasteiger partial charge in [0.05, 0.1) is 11.6 Å². The SMILES string of the molecule is C[C@@H]1CN(C(=O)[C@H](O)C2(NC(=O)c3cc4cc(Cl)ccc4[nH]3)C[C@H]2c2ccccc2)C[C@@H]1O. The van der Waals surface area contributed by atoms with Crippen molar-refractivity contribution in [1.82, 2.24) is 15.2 Å². The molecule has 2 aromatic carbocycles. The first kappa shape index (κ1) is 21.9. The lowest BCUT2D eigenvalue weighted by Gasteiger charge is -2.28. The van der Waals surface area contributed by atoms with Crippen LogP contribution in [0.3, 0.4) is 0 Å². The number of nitrogens with one attached hydrogen (secondary N) is 2. The highest BCUT2D eigenvalue weighted by Crippen LogP contribution is 2.54. The first-order valence-corrected chi connectivity index (χ1v) is 11.5. The van der Waals surface area contributed by atoms with Gasteiger partial charge in [-0.05, 0) is 36.2 Å². The van der Waals surface area contributed by atoms with Crippen molar-refractivity contribution in [2.24, 2.45) is 5.92 Å². The first-order chi connectivity index (χ1) is 15.8. The molecule has 0 bridgehead atoms. The van der Waals surface area contributed by atoms with Crippen LogP contribution in [-0.4, -0.2) is 62.7 Å². The Bertz CT molecular complexity index is 1200. The second-order valence-electron chi connectivity index (χ2n) is 9.27. The Hall–Kier alpha value is -2.87. The van der Waals surface area contributed by atoms with E-state index in [1.807, 2.05) is 37.3 Å². The molecule has 1 unspecified atom stereocenters. The predicted octanol–water partition coefficient (Wildman–Crippen LogP) is 2.68. The molecule has 2 fully saturated rings. The topological polar surface area (TPSA) is 106 Å². The number of benzene rings is 2. The summed E-state index contributed by atoms with van der Waals surface area (Å²) in [6.07, 6.45) is -1.61. The van der Waals surface area contributed by atoms with Crippen LogP contribution < -0.4 is 5.32 Å². The third kappa shape index (κ3) is 3.90. The van der Waals surface area contributed by atoms with Crippen LogP contribution >= 0.6 is 11.6 Å². The molecule has 33 heavy (non-hydrogen) atoms. The molecule has 5 rings (SSSR count). The van der Waals surface area contributed by atoms with E-state index in [4.69, 9.17) is 11.6 Å². The summed E-state index contributed by atoms with van der Waals surface area (Å²) in [5.74, 6) is -1.14. The smallest absolute Gasteiger partial charge is 0.268 e. The van der Waals surface area contributed by atoms with E-state index >= 15 is 0 Å². The predicted molar refractivity (Wildman–Crippen MR) is 125 cm³/mol. The molecule has 1 aromatic heterocycles. The molecular formula is C25H26ClN3O4. The number of aliphatic hydroxyl groups is 2. The first-order valence-electron chi connectivity index (χ1n) is 11.1. The van der Waals surface area contributed by atoms with Gasteiger partial charge in [-0.2, -0.15) is 0 Å². The number of rotatable bonds is 5. The summed E-state index contributed by atoms with van der Waals surface area (Å²) in [6, 6.07) is 16.6. The lowest BCUT2D eigenvalue weighted by Crippen LogP contribution is -2.54. The average Bonchev–Trinajstić information content (AvgIpc) is 3.20. The van der Waals surface area contributed by atoms with Gasteiger partial charge in [0.2, 0.25) is 0 Å². The highest BCUT2D eigenvalue weighted by molar-refractivity contribution is 6.31. The van der Waals surface area contributed by atoms with Crippen molar-refractivity contribution in [2.75, 3.05) is 13.1 Å². The number of hydrogen-bond acceptors (Lipinski definition) is 4. The number of carbonyl (C=O) groups is 2. The zero-order valence-electron chi connectivity index (χ0n) is 18.2. The maximum Gasteiger partial charge on any atom is 0.268 e. The van der Waals surface area contributed by atoms with Crippen molar-refractivity contribution in [2.45, 2.75) is 37.0 Å². The number of nitrogens with zero attached hydrogens (tertiary/aromatic N) is 1. The fraction of sp³-hybridized carbons (Fsp3) is 0.360. The van der Waals surface area contributed by atoms with Crippen LogP contribution in [-0.2, 0) is 4.79 Å². The second kappa shape index (κ2) is 8.17. The quantitative estimate of drug-likeness (QED) is 0.463. The summed E-state index contributed by atoms with van der Waals surface area (Å²) in [6.45, 7) is 2.42. The standard InChI is InChI=1S/C25H26ClN3O4/c1-14-12-29(13-21(14)30)24(33)22(31)25(11-18(25)15-5-3-2-4-6-15)28-23(32)20-10-16-9-17(26)7-8-19(16)27-20/h2-10,14,18,21-22,27,30-31H,11-13H2,1H3,(H,28,32)/t14-,18+,21+,22+,25?/m1/s1. The number of amides is 2. The van der Waals surface area contributed by atoms with Crippen molar-refractivity contribution < 1.29 is 19.8 Å². The third-order valence-electron chi connectivity index (χ3n) is 6.99. The van der Waals surface area contributed by atoms with Crippen molar-refractivity contribution in [3.05, 3.63) is 70.9 Å². The number of hydrogen-bond donors (Lipinski definition) is 4. The van der Waals surface area contributed by atoms with E-state index < -0.39 is 29.6 Å². The fourth-order valence-electron chi connectivity index (χ4n) is 4.92. The molecule has 1 aliphatic heterocycles. The molecule has 3 aromatic rings. The Labute approximate surface area is 196 Å². The van der Waals surface area contributed by atoms with E-state index in [-0.39, 0.29) is 18.4 Å². The summed E-state index contributed by atoms with van der Waals surface area (Å²) in [5.41, 5.74) is 0.921. The van der Waals surface area contributed by atoms with Gasteiger partial charge in [-0.1, -0.05) is 48.9 Å². The van der Waals surface area contributed by atoms with Gasteiger partial charge >= 0.3 is 0 Å². The molecule has 0 radical (unpaired) electrons. The number of aromatic nitrogens is 1. The fourth-order valence-corrected chi connectivity index (χ4v) is 5.10. The van der Waals surface area contributed by atoms with Gasteiger partial charge < -0.3 is 25.4 Å². The number of β-amino-alcohol motifs (C(OH)–C–C–N with tert-alkyl or cyclic N) is 1. The van der Waals surface area contributed by atoms with Gasteiger partial charge in [0, 0.05) is 40.9 Å². The number of H-pyrrole nitrogens is 1. The van der Waals surface area contributed by atoms with Gasteiger partial charge in [-0.25, -0.2) is 0 Å².